The number of aryl methyl sites for hydroxylation is 1. The van der Waals surface area contributed by atoms with Crippen molar-refractivity contribution in [3.05, 3.63) is 10.6 Å². The van der Waals surface area contributed by atoms with Gasteiger partial charge in [-0.2, -0.15) is 0 Å². The van der Waals surface area contributed by atoms with Crippen LogP contribution in [0.4, 0.5) is 0 Å². The van der Waals surface area contributed by atoms with Crippen molar-refractivity contribution in [1.29, 1.82) is 0 Å². The van der Waals surface area contributed by atoms with Crippen molar-refractivity contribution in [2.24, 2.45) is 5.92 Å². The highest BCUT2D eigenvalue weighted by molar-refractivity contribution is 7.05. The second-order valence-corrected chi connectivity index (χ2v) is 4.19. The van der Waals surface area contributed by atoms with Crippen molar-refractivity contribution in [2.75, 3.05) is 0 Å². The molecule has 1 aromatic rings. The molecular weight excluding hydrogens is 172 g/mol. The van der Waals surface area contributed by atoms with E-state index in [4.69, 9.17) is 0 Å². The molecular formula is C8H12N2OS. The van der Waals surface area contributed by atoms with Gasteiger partial charge in [-0.1, -0.05) is 18.3 Å². The van der Waals surface area contributed by atoms with Gasteiger partial charge < -0.3 is 5.11 Å². The van der Waals surface area contributed by atoms with Crippen LogP contribution in [0.3, 0.4) is 0 Å². The van der Waals surface area contributed by atoms with E-state index in [9.17, 15) is 5.11 Å². The number of aliphatic hydroxyl groups is 1. The number of rotatable bonds is 2. The zero-order chi connectivity index (χ0) is 8.77. The summed E-state index contributed by atoms with van der Waals surface area (Å²) < 4.78 is 3.87. The van der Waals surface area contributed by atoms with Crippen LogP contribution in [0.2, 0.25) is 0 Å². The van der Waals surface area contributed by atoms with Gasteiger partial charge in [-0.05, 0) is 30.3 Å². The largest absolute Gasteiger partial charge is 0.384 e. The normalized spacial score (nSPS) is 33.8. The average Bonchev–Trinajstić information content (AvgIpc) is 2.56. The van der Waals surface area contributed by atoms with E-state index in [2.05, 4.69) is 16.5 Å². The maximum absolute atomic E-state index is 10.00. The summed E-state index contributed by atoms with van der Waals surface area (Å²) in [5.41, 5.74) is 0.381. The Balaban J connectivity index is 2.34. The predicted molar refractivity (Wildman–Crippen MR) is 47.0 cm³/mol. The van der Waals surface area contributed by atoms with Crippen molar-refractivity contribution in [3.8, 4) is 0 Å². The lowest BCUT2D eigenvalue weighted by Gasteiger charge is -2.05. The molecule has 1 heterocycles. The molecule has 0 aliphatic heterocycles. The van der Waals surface area contributed by atoms with Gasteiger partial charge in [0.15, 0.2) is 0 Å². The smallest absolute Gasteiger partial charge is 0.105 e. The highest BCUT2D eigenvalue weighted by Crippen LogP contribution is 2.53. The first-order valence-electron chi connectivity index (χ1n) is 4.22. The fourth-order valence-electron chi connectivity index (χ4n) is 1.49. The zero-order valence-electron chi connectivity index (χ0n) is 7.24. The van der Waals surface area contributed by atoms with E-state index in [0.717, 1.165) is 23.4 Å². The molecule has 1 saturated carbocycles. The van der Waals surface area contributed by atoms with Gasteiger partial charge in [0, 0.05) is 0 Å². The van der Waals surface area contributed by atoms with Crippen molar-refractivity contribution >= 4 is 11.5 Å². The van der Waals surface area contributed by atoms with E-state index in [-0.39, 0.29) is 0 Å². The Morgan fingerprint density at radius 2 is 2.42 bits per heavy atom. The van der Waals surface area contributed by atoms with Crippen LogP contribution in [0.5, 0.6) is 0 Å². The van der Waals surface area contributed by atoms with E-state index in [0.29, 0.717) is 5.92 Å². The van der Waals surface area contributed by atoms with Crippen LogP contribution in [0.25, 0.3) is 0 Å². The Hall–Kier alpha value is -0.480. The fraction of sp³-hybridized carbons (Fsp3) is 0.750. The molecule has 0 radical (unpaired) electrons. The molecule has 0 bridgehead atoms. The lowest BCUT2D eigenvalue weighted by molar-refractivity contribution is 0.137. The van der Waals surface area contributed by atoms with Gasteiger partial charge in [0.2, 0.25) is 0 Å². The molecule has 4 heteroatoms. The Morgan fingerprint density at radius 1 is 1.75 bits per heavy atom. The summed E-state index contributed by atoms with van der Waals surface area (Å²) in [6.07, 6.45) is 1.73. The van der Waals surface area contributed by atoms with Crippen molar-refractivity contribution in [2.45, 2.75) is 32.3 Å². The van der Waals surface area contributed by atoms with E-state index in [1.54, 1.807) is 0 Å². The lowest BCUT2D eigenvalue weighted by Crippen LogP contribution is -2.07. The first-order chi connectivity index (χ1) is 5.68. The number of aromatic nitrogens is 2. The third kappa shape index (κ3) is 0.983. The summed E-state index contributed by atoms with van der Waals surface area (Å²) in [6, 6.07) is 0. The molecule has 0 spiro atoms. The summed E-state index contributed by atoms with van der Waals surface area (Å²) >= 11 is 1.34. The number of hydrogen-bond acceptors (Lipinski definition) is 4. The number of nitrogens with zero attached hydrogens (tertiary/aromatic N) is 2. The van der Waals surface area contributed by atoms with Crippen LogP contribution in [-0.4, -0.2) is 14.7 Å². The second kappa shape index (κ2) is 2.50. The SMILES string of the molecule is CCc1nnsc1C1(O)CC1C. The molecule has 12 heavy (non-hydrogen) atoms. The van der Waals surface area contributed by atoms with Gasteiger partial charge in [-0.15, -0.1) is 5.10 Å². The van der Waals surface area contributed by atoms with Gasteiger partial charge in [0.25, 0.3) is 0 Å². The number of hydrogen-bond donors (Lipinski definition) is 1. The zero-order valence-corrected chi connectivity index (χ0v) is 8.06. The summed E-state index contributed by atoms with van der Waals surface area (Å²) in [7, 11) is 0. The first-order valence-corrected chi connectivity index (χ1v) is 5.00. The molecule has 0 saturated heterocycles. The minimum Gasteiger partial charge on any atom is -0.384 e. The summed E-state index contributed by atoms with van der Waals surface area (Å²) in [5.74, 6) is 0.380. The van der Waals surface area contributed by atoms with E-state index in [1.807, 2.05) is 6.92 Å². The molecule has 1 aromatic heterocycles. The molecule has 2 atom stereocenters. The molecule has 1 aliphatic carbocycles. The standard InChI is InChI=1S/C8H12N2OS/c1-3-6-7(12-10-9-6)8(11)4-5(8)2/h5,11H,3-4H2,1-2H3. The van der Waals surface area contributed by atoms with Crippen molar-refractivity contribution < 1.29 is 5.11 Å². The van der Waals surface area contributed by atoms with Crippen LogP contribution in [0.1, 0.15) is 30.8 Å². The van der Waals surface area contributed by atoms with Crippen LogP contribution in [-0.2, 0) is 12.0 Å². The second-order valence-electron chi connectivity index (χ2n) is 3.43. The van der Waals surface area contributed by atoms with Crippen LogP contribution >= 0.6 is 11.5 Å². The van der Waals surface area contributed by atoms with E-state index >= 15 is 0 Å². The fourth-order valence-corrected chi connectivity index (χ4v) is 2.45. The molecule has 3 nitrogen and oxygen atoms in total. The molecule has 0 amide bonds. The predicted octanol–water partition coefficient (Wildman–Crippen LogP) is 1.33. The van der Waals surface area contributed by atoms with Crippen LogP contribution in [0.15, 0.2) is 0 Å². The van der Waals surface area contributed by atoms with Gasteiger partial charge in [-0.3, -0.25) is 0 Å². The maximum atomic E-state index is 10.00. The van der Waals surface area contributed by atoms with Gasteiger partial charge >= 0.3 is 0 Å². The van der Waals surface area contributed by atoms with Crippen LogP contribution < -0.4 is 0 Å². The Bertz CT molecular complexity index is 299. The molecule has 2 unspecified atom stereocenters. The third-order valence-corrected chi connectivity index (χ3v) is 3.49. The topological polar surface area (TPSA) is 46.0 Å². The summed E-state index contributed by atoms with van der Waals surface area (Å²) in [4.78, 5) is 0.984. The Kier molecular flexibility index (Phi) is 1.70. The van der Waals surface area contributed by atoms with Crippen molar-refractivity contribution in [3.63, 3.8) is 0 Å². The quantitative estimate of drug-likeness (QED) is 0.754. The molecule has 0 aromatic carbocycles. The minimum atomic E-state index is -0.584. The molecule has 1 N–H and O–H groups in total. The third-order valence-electron chi connectivity index (χ3n) is 2.56. The van der Waals surface area contributed by atoms with E-state index < -0.39 is 5.60 Å². The maximum Gasteiger partial charge on any atom is 0.105 e. The molecule has 2 rings (SSSR count). The van der Waals surface area contributed by atoms with Gasteiger partial charge in [0.1, 0.15) is 5.60 Å². The summed E-state index contributed by atoms with van der Waals surface area (Å²) in [5, 5.41) is 14.0. The van der Waals surface area contributed by atoms with Gasteiger partial charge in [-0.25, -0.2) is 0 Å². The van der Waals surface area contributed by atoms with Crippen molar-refractivity contribution in [1.82, 2.24) is 9.59 Å². The first kappa shape index (κ1) is 8.13. The molecule has 66 valence electrons. The van der Waals surface area contributed by atoms with Gasteiger partial charge in [0.05, 0.1) is 10.6 Å². The Labute approximate surface area is 75.6 Å². The highest BCUT2D eigenvalue weighted by atomic mass is 32.1. The summed E-state index contributed by atoms with van der Waals surface area (Å²) in [6.45, 7) is 4.09. The van der Waals surface area contributed by atoms with E-state index in [1.165, 1.54) is 11.5 Å². The van der Waals surface area contributed by atoms with Crippen LogP contribution in [0, 0.1) is 5.92 Å². The minimum absolute atomic E-state index is 0.380. The molecule has 1 aliphatic rings. The highest BCUT2D eigenvalue weighted by Gasteiger charge is 2.53. The Morgan fingerprint density at radius 3 is 2.92 bits per heavy atom. The molecule has 1 fully saturated rings. The monoisotopic (exact) mass is 184 g/mol. The lowest BCUT2D eigenvalue weighted by atomic mass is 10.1. The average molecular weight is 184 g/mol.